The van der Waals surface area contributed by atoms with Crippen molar-refractivity contribution in [1.29, 1.82) is 0 Å². The molecule has 0 aromatic carbocycles. The summed E-state index contributed by atoms with van der Waals surface area (Å²) in [5, 5.41) is 3.03. The number of rotatable bonds is 1. The maximum atomic E-state index is 12.8. The van der Waals surface area contributed by atoms with E-state index in [4.69, 9.17) is 0 Å². The quantitative estimate of drug-likeness (QED) is 0.768. The number of carbonyl (C=O) groups is 2. The van der Waals surface area contributed by atoms with E-state index in [9.17, 15) is 9.59 Å². The van der Waals surface area contributed by atoms with Crippen molar-refractivity contribution in [3.05, 3.63) is 0 Å². The minimum atomic E-state index is -0.558. The van der Waals surface area contributed by atoms with Gasteiger partial charge in [-0.2, -0.15) is 0 Å². The molecule has 1 saturated heterocycles. The van der Waals surface area contributed by atoms with Gasteiger partial charge in [0.15, 0.2) is 0 Å². The Labute approximate surface area is 108 Å². The lowest BCUT2D eigenvalue weighted by Gasteiger charge is -2.51. The molecule has 0 aromatic rings. The van der Waals surface area contributed by atoms with E-state index in [-0.39, 0.29) is 17.9 Å². The van der Waals surface area contributed by atoms with Gasteiger partial charge in [0.1, 0.15) is 11.6 Å². The van der Waals surface area contributed by atoms with E-state index < -0.39 is 5.54 Å². The molecule has 1 spiro atoms. The Morgan fingerprint density at radius 1 is 1.11 bits per heavy atom. The summed E-state index contributed by atoms with van der Waals surface area (Å²) in [6.45, 7) is 1.86. The first-order valence-electron chi connectivity index (χ1n) is 7.29. The third-order valence-electron chi connectivity index (χ3n) is 4.98. The maximum absolute atomic E-state index is 12.8. The van der Waals surface area contributed by atoms with Crippen molar-refractivity contribution in [3.63, 3.8) is 0 Å². The molecule has 4 heteroatoms. The highest BCUT2D eigenvalue weighted by molar-refractivity contribution is 6.00. The van der Waals surface area contributed by atoms with Crippen molar-refractivity contribution in [3.8, 4) is 0 Å². The maximum Gasteiger partial charge on any atom is 0.249 e. The molecule has 0 bridgehead atoms. The largest absolute Gasteiger partial charge is 0.340 e. The van der Waals surface area contributed by atoms with Gasteiger partial charge in [0.05, 0.1) is 0 Å². The van der Waals surface area contributed by atoms with Gasteiger partial charge in [0.25, 0.3) is 0 Å². The van der Waals surface area contributed by atoms with Gasteiger partial charge in [0.2, 0.25) is 11.8 Å². The number of amides is 2. The smallest absolute Gasteiger partial charge is 0.249 e. The first-order valence-corrected chi connectivity index (χ1v) is 7.29. The third-order valence-corrected chi connectivity index (χ3v) is 4.98. The summed E-state index contributed by atoms with van der Waals surface area (Å²) >= 11 is 0. The van der Waals surface area contributed by atoms with Crippen LogP contribution >= 0.6 is 0 Å². The number of nitrogens with zero attached hydrogens (tertiary/aromatic N) is 1. The molecule has 1 heterocycles. The van der Waals surface area contributed by atoms with Gasteiger partial charge in [-0.25, -0.2) is 0 Å². The summed E-state index contributed by atoms with van der Waals surface area (Å²) in [5.74, 6) is 0.238. The van der Waals surface area contributed by atoms with Crippen molar-refractivity contribution in [2.45, 2.75) is 75.9 Å². The second-order valence-corrected chi connectivity index (χ2v) is 6.11. The van der Waals surface area contributed by atoms with Crippen LogP contribution in [0.4, 0.5) is 0 Å². The van der Waals surface area contributed by atoms with E-state index in [1.165, 1.54) is 12.8 Å². The van der Waals surface area contributed by atoms with E-state index in [0.29, 0.717) is 6.04 Å². The lowest BCUT2D eigenvalue weighted by atomic mass is 9.77. The van der Waals surface area contributed by atoms with Gasteiger partial charge >= 0.3 is 0 Å². The van der Waals surface area contributed by atoms with Crippen LogP contribution in [0.5, 0.6) is 0 Å². The first-order chi connectivity index (χ1) is 8.64. The molecular formula is C14H22N2O2. The van der Waals surface area contributed by atoms with Gasteiger partial charge in [-0.3, -0.25) is 9.59 Å². The van der Waals surface area contributed by atoms with Crippen LogP contribution in [0.3, 0.4) is 0 Å². The Bertz CT molecular complexity index is 370. The molecule has 1 atom stereocenters. The van der Waals surface area contributed by atoms with Gasteiger partial charge < -0.3 is 10.2 Å². The van der Waals surface area contributed by atoms with Gasteiger partial charge in [0, 0.05) is 6.04 Å². The standard InChI is InChI=1S/C14H22N2O2/c1-10-12(17)15-14(8-3-2-4-9-14)13(18)16(10)11-6-5-7-11/h10-11H,2-9H2,1H3,(H,15,17). The normalized spacial score (nSPS) is 32.3. The average molecular weight is 250 g/mol. The first kappa shape index (κ1) is 12.0. The number of nitrogens with one attached hydrogen (secondary N) is 1. The predicted molar refractivity (Wildman–Crippen MR) is 67.9 cm³/mol. The molecule has 18 heavy (non-hydrogen) atoms. The number of hydrogen-bond donors (Lipinski definition) is 1. The molecule has 2 saturated carbocycles. The monoisotopic (exact) mass is 250 g/mol. The van der Waals surface area contributed by atoms with E-state index in [1.54, 1.807) is 0 Å². The molecule has 100 valence electrons. The molecule has 3 aliphatic rings. The minimum absolute atomic E-state index is 0.0448. The Morgan fingerprint density at radius 2 is 1.78 bits per heavy atom. The molecule has 4 nitrogen and oxygen atoms in total. The summed E-state index contributed by atoms with van der Waals surface area (Å²) in [5.41, 5.74) is -0.558. The summed E-state index contributed by atoms with van der Waals surface area (Å²) in [4.78, 5) is 26.9. The molecule has 0 radical (unpaired) electrons. The van der Waals surface area contributed by atoms with Crippen LogP contribution in [0.1, 0.15) is 58.3 Å². The van der Waals surface area contributed by atoms with Crippen LogP contribution in [-0.2, 0) is 9.59 Å². The Kier molecular flexibility index (Phi) is 2.83. The molecule has 3 fully saturated rings. The summed E-state index contributed by atoms with van der Waals surface area (Å²) in [6.07, 6.45) is 8.28. The SMILES string of the molecule is CC1C(=O)NC2(CCCCC2)C(=O)N1C1CCC1. The van der Waals surface area contributed by atoms with Crippen LogP contribution in [0.15, 0.2) is 0 Å². The van der Waals surface area contributed by atoms with Gasteiger partial charge in [-0.15, -0.1) is 0 Å². The average Bonchev–Trinajstić information content (AvgIpc) is 2.31. The highest BCUT2D eigenvalue weighted by Crippen LogP contribution is 2.37. The number of carbonyl (C=O) groups excluding carboxylic acids is 2. The van der Waals surface area contributed by atoms with E-state index in [2.05, 4.69) is 5.32 Å². The molecule has 1 unspecified atom stereocenters. The van der Waals surface area contributed by atoms with Crippen LogP contribution in [0.2, 0.25) is 0 Å². The Balaban J connectivity index is 1.88. The lowest BCUT2D eigenvalue weighted by Crippen LogP contribution is -2.72. The molecule has 0 aromatic heterocycles. The minimum Gasteiger partial charge on any atom is -0.340 e. The fraction of sp³-hybridized carbons (Fsp3) is 0.857. The van der Waals surface area contributed by atoms with Crippen LogP contribution in [0, 0.1) is 0 Å². The van der Waals surface area contributed by atoms with Crippen LogP contribution < -0.4 is 5.32 Å². The van der Waals surface area contributed by atoms with Gasteiger partial charge in [-0.05, 0) is 39.0 Å². The van der Waals surface area contributed by atoms with Crippen LogP contribution in [0.25, 0.3) is 0 Å². The highest BCUT2D eigenvalue weighted by atomic mass is 16.2. The van der Waals surface area contributed by atoms with Crippen molar-refractivity contribution < 1.29 is 9.59 Å². The summed E-state index contributed by atoms with van der Waals surface area (Å²) < 4.78 is 0. The molecule has 2 aliphatic carbocycles. The molecule has 1 N–H and O–H groups in total. The van der Waals surface area contributed by atoms with Crippen molar-refractivity contribution >= 4 is 11.8 Å². The zero-order valence-corrected chi connectivity index (χ0v) is 11.1. The number of piperazine rings is 1. The fourth-order valence-electron chi connectivity index (χ4n) is 3.58. The molecule has 1 aliphatic heterocycles. The third kappa shape index (κ3) is 1.65. The Morgan fingerprint density at radius 3 is 2.33 bits per heavy atom. The highest BCUT2D eigenvalue weighted by Gasteiger charge is 2.52. The van der Waals surface area contributed by atoms with Crippen molar-refractivity contribution in [2.24, 2.45) is 0 Å². The zero-order chi connectivity index (χ0) is 12.8. The number of hydrogen-bond acceptors (Lipinski definition) is 2. The lowest BCUT2D eigenvalue weighted by molar-refractivity contribution is -0.160. The molecule has 3 rings (SSSR count). The van der Waals surface area contributed by atoms with Crippen molar-refractivity contribution in [2.75, 3.05) is 0 Å². The second-order valence-electron chi connectivity index (χ2n) is 6.11. The Hall–Kier alpha value is -1.06. The van der Waals surface area contributed by atoms with Gasteiger partial charge in [-0.1, -0.05) is 19.3 Å². The van der Waals surface area contributed by atoms with Crippen molar-refractivity contribution in [1.82, 2.24) is 10.2 Å². The fourth-order valence-corrected chi connectivity index (χ4v) is 3.58. The predicted octanol–water partition coefficient (Wildman–Crippen LogP) is 1.59. The summed E-state index contributed by atoms with van der Waals surface area (Å²) in [6, 6.07) is 0.0349. The van der Waals surface area contributed by atoms with E-state index in [1.807, 2.05) is 11.8 Å². The molecule has 2 amide bonds. The molecular weight excluding hydrogens is 228 g/mol. The van der Waals surface area contributed by atoms with Crippen LogP contribution in [-0.4, -0.2) is 34.3 Å². The zero-order valence-electron chi connectivity index (χ0n) is 11.1. The van der Waals surface area contributed by atoms with E-state index in [0.717, 1.165) is 38.5 Å². The van der Waals surface area contributed by atoms with E-state index >= 15 is 0 Å². The second kappa shape index (κ2) is 4.25. The summed E-state index contributed by atoms with van der Waals surface area (Å²) in [7, 11) is 0. The topological polar surface area (TPSA) is 49.4 Å².